The first-order chi connectivity index (χ1) is 8.56. The quantitative estimate of drug-likeness (QED) is 0.823. The molecule has 94 valence electrons. The second kappa shape index (κ2) is 5.27. The average Bonchev–Trinajstić information content (AvgIpc) is 2.59. The molecule has 1 saturated heterocycles. The number of hydrogen-bond acceptors (Lipinski definition) is 4. The van der Waals surface area contributed by atoms with Gasteiger partial charge in [0.15, 0.2) is 5.17 Å². The maximum atomic E-state index is 11.5. The van der Waals surface area contributed by atoms with Gasteiger partial charge in [0.25, 0.3) is 5.91 Å². The summed E-state index contributed by atoms with van der Waals surface area (Å²) in [5.41, 5.74) is 0.846. The van der Waals surface area contributed by atoms with Crippen LogP contribution in [0, 0.1) is 5.41 Å². The number of carbonyl (C=O) groups excluding carboxylic acids is 1. The van der Waals surface area contributed by atoms with E-state index in [-0.39, 0.29) is 17.2 Å². The Morgan fingerprint density at radius 1 is 1.39 bits per heavy atom. The predicted molar refractivity (Wildman–Crippen MR) is 73.6 cm³/mol. The standard InChI is InChI=1S/C13H14N2O2S/c1-8(2)17-10-6-4-3-5-9(10)7-11-12(16)15-13(14)18-11/h3-8H,1-2H3,(H2,14,15,16). The predicted octanol–water partition coefficient (Wildman–Crippen LogP) is 2.61. The third-order valence-corrected chi connectivity index (χ3v) is 3.06. The summed E-state index contributed by atoms with van der Waals surface area (Å²) in [5.74, 6) is 0.510. The monoisotopic (exact) mass is 262 g/mol. The fourth-order valence-corrected chi connectivity index (χ4v) is 2.24. The van der Waals surface area contributed by atoms with Gasteiger partial charge in [0, 0.05) is 5.56 Å². The van der Waals surface area contributed by atoms with E-state index in [0.717, 1.165) is 23.1 Å². The largest absolute Gasteiger partial charge is 0.490 e. The van der Waals surface area contributed by atoms with Gasteiger partial charge >= 0.3 is 0 Å². The van der Waals surface area contributed by atoms with Crippen molar-refractivity contribution in [3.8, 4) is 5.75 Å². The van der Waals surface area contributed by atoms with Crippen LogP contribution in [0.25, 0.3) is 6.08 Å². The number of thioether (sulfide) groups is 1. The highest BCUT2D eigenvalue weighted by molar-refractivity contribution is 8.18. The van der Waals surface area contributed by atoms with Crippen LogP contribution in [0.1, 0.15) is 19.4 Å². The number of ether oxygens (including phenoxy) is 1. The van der Waals surface area contributed by atoms with Gasteiger partial charge < -0.3 is 10.1 Å². The first-order valence-electron chi connectivity index (χ1n) is 5.61. The molecular weight excluding hydrogens is 248 g/mol. The SMILES string of the molecule is CC(C)Oc1ccccc1C=C1SC(=N)NC1=O. The van der Waals surface area contributed by atoms with Crippen LogP contribution in [0.4, 0.5) is 0 Å². The summed E-state index contributed by atoms with van der Waals surface area (Å²) in [5, 5.41) is 10.0. The van der Waals surface area contributed by atoms with Crippen LogP contribution in [0.2, 0.25) is 0 Å². The molecular formula is C13H14N2O2S. The van der Waals surface area contributed by atoms with E-state index in [9.17, 15) is 4.79 Å². The molecule has 1 fully saturated rings. The van der Waals surface area contributed by atoms with Crippen LogP contribution in [-0.4, -0.2) is 17.2 Å². The highest BCUT2D eigenvalue weighted by atomic mass is 32.2. The van der Waals surface area contributed by atoms with Crippen LogP contribution in [0.3, 0.4) is 0 Å². The van der Waals surface area contributed by atoms with Gasteiger partial charge in [-0.1, -0.05) is 18.2 Å². The van der Waals surface area contributed by atoms with Crippen LogP contribution < -0.4 is 10.1 Å². The summed E-state index contributed by atoms with van der Waals surface area (Å²) < 4.78 is 5.68. The highest BCUT2D eigenvalue weighted by Gasteiger charge is 2.22. The first kappa shape index (κ1) is 12.7. The van der Waals surface area contributed by atoms with Gasteiger partial charge in [-0.15, -0.1) is 0 Å². The molecule has 0 unspecified atom stereocenters. The van der Waals surface area contributed by atoms with Crippen molar-refractivity contribution in [3.05, 3.63) is 34.7 Å². The molecule has 0 saturated carbocycles. The first-order valence-corrected chi connectivity index (χ1v) is 6.43. The minimum atomic E-state index is -0.232. The Kier molecular flexibility index (Phi) is 3.72. The lowest BCUT2D eigenvalue weighted by atomic mass is 10.2. The Labute approximate surface area is 110 Å². The van der Waals surface area contributed by atoms with Gasteiger partial charge in [-0.3, -0.25) is 10.2 Å². The Hall–Kier alpha value is -1.75. The summed E-state index contributed by atoms with van der Waals surface area (Å²) >= 11 is 1.12. The van der Waals surface area contributed by atoms with E-state index in [1.807, 2.05) is 38.1 Å². The van der Waals surface area contributed by atoms with Crippen molar-refractivity contribution in [1.82, 2.24) is 5.32 Å². The van der Waals surface area contributed by atoms with Crippen molar-refractivity contribution in [2.45, 2.75) is 20.0 Å². The van der Waals surface area contributed by atoms with Gasteiger partial charge in [0.2, 0.25) is 0 Å². The van der Waals surface area contributed by atoms with E-state index in [2.05, 4.69) is 5.32 Å². The number of hydrogen-bond donors (Lipinski definition) is 2. The molecule has 0 spiro atoms. The molecule has 1 heterocycles. The fourth-order valence-electron chi connectivity index (χ4n) is 1.54. The molecule has 0 radical (unpaired) electrons. The topological polar surface area (TPSA) is 62.2 Å². The van der Waals surface area contributed by atoms with Crippen molar-refractivity contribution in [3.63, 3.8) is 0 Å². The maximum Gasteiger partial charge on any atom is 0.264 e. The molecule has 1 aliphatic rings. The van der Waals surface area contributed by atoms with Crippen molar-refractivity contribution >= 4 is 28.9 Å². The van der Waals surface area contributed by atoms with Gasteiger partial charge in [-0.05, 0) is 37.8 Å². The number of amides is 1. The summed E-state index contributed by atoms with van der Waals surface area (Å²) in [6.07, 6.45) is 1.83. The van der Waals surface area contributed by atoms with E-state index in [4.69, 9.17) is 10.1 Å². The van der Waals surface area contributed by atoms with Gasteiger partial charge in [-0.25, -0.2) is 0 Å². The Balaban J connectivity index is 2.31. The minimum Gasteiger partial charge on any atom is -0.490 e. The van der Waals surface area contributed by atoms with E-state index in [1.54, 1.807) is 6.08 Å². The summed E-state index contributed by atoms with van der Waals surface area (Å²) in [6, 6.07) is 7.54. The number of carbonyl (C=O) groups is 1. The number of amidine groups is 1. The summed E-state index contributed by atoms with van der Waals surface area (Å²) in [4.78, 5) is 12.1. The maximum absolute atomic E-state index is 11.5. The van der Waals surface area contributed by atoms with Crippen molar-refractivity contribution in [2.75, 3.05) is 0 Å². The van der Waals surface area contributed by atoms with Crippen LogP contribution >= 0.6 is 11.8 Å². The highest BCUT2D eigenvalue weighted by Crippen LogP contribution is 2.28. The second-order valence-electron chi connectivity index (χ2n) is 4.10. The lowest BCUT2D eigenvalue weighted by Crippen LogP contribution is -2.18. The molecule has 18 heavy (non-hydrogen) atoms. The third kappa shape index (κ3) is 2.92. The molecule has 0 aromatic heterocycles. The number of rotatable bonds is 3. The summed E-state index contributed by atoms with van der Waals surface area (Å²) in [6.45, 7) is 3.91. The lowest BCUT2D eigenvalue weighted by molar-refractivity contribution is -0.115. The van der Waals surface area contributed by atoms with Crippen molar-refractivity contribution < 1.29 is 9.53 Å². The van der Waals surface area contributed by atoms with Gasteiger partial charge in [-0.2, -0.15) is 0 Å². The van der Waals surface area contributed by atoms with E-state index in [0.29, 0.717) is 4.91 Å². The Morgan fingerprint density at radius 3 is 2.72 bits per heavy atom. The van der Waals surface area contributed by atoms with Crippen LogP contribution in [-0.2, 0) is 4.79 Å². The minimum absolute atomic E-state index is 0.0768. The Bertz CT molecular complexity index is 523. The summed E-state index contributed by atoms with van der Waals surface area (Å²) in [7, 11) is 0. The normalized spacial score (nSPS) is 17.4. The smallest absolute Gasteiger partial charge is 0.264 e. The molecule has 1 aromatic rings. The molecule has 0 aliphatic carbocycles. The Morgan fingerprint density at radius 2 is 2.11 bits per heavy atom. The molecule has 4 nitrogen and oxygen atoms in total. The molecule has 0 bridgehead atoms. The van der Waals surface area contributed by atoms with Crippen LogP contribution in [0.15, 0.2) is 29.2 Å². The number of benzene rings is 1. The molecule has 0 atom stereocenters. The van der Waals surface area contributed by atoms with Crippen molar-refractivity contribution in [1.29, 1.82) is 5.41 Å². The zero-order valence-corrected chi connectivity index (χ0v) is 11.0. The molecule has 5 heteroatoms. The van der Waals surface area contributed by atoms with Crippen molar-refractivity contribution in [2.24, 2.45) is 0 Å². The van der Waals surface area contributed by atoms with Gasteiger partial charge in [0.05, 0.1) is 11.0 Å². The lowest BCUT2D eigenvalue weighted by Gasteiger charge is -2.12. The van der Waals surface area contributed by atoms with E-state index in [1.165, 1.54) is 0 Å². The fraction of sp³-hybridized carbons (Fsp3) is 0.231. The molecule has 1 aliphatic heterocycles. The second-order valence-corrected chi connectivity index (χ2v) is 5.15. The zero-order valence-electron chi connectivity index (χ0n) is 10.2. The molecule has 1 aromatic carbocycles. The van der Waals surface area contributed by atoms with Crippen LogP contribution in [0.5, 0.6) is 5.75 Å². The molecule has 1 amide bonds. The number of para-hydroxylation sites is 1. The third-order valence-electron chi connectivity index (χ3n) is 2.23. The van der Waals surface area contributed by atoms with Gasteiger partial charge in [0.1, 0.15) is 5.75 Å². The molecule has 2 N–H and O–H groups in total. The zero-order chi connectivity index (χ0) is 13.1. The van der Waals surface area contributed by atoms with E-state index >= 15 is 0 Å². The van der Waals surface area contributed by atoms with E-state index < -0.39 is 0 Å². The number of nitrogens with one attached hydrogen (secondary N) is 2. The average molecular weight is 262 g/mol. The molecule has 2 rings (SSSR count).